The van der Waals surface area contributed by atoms with Crippen LogP contribution in [0.3, 0.4) is 0 Å². The third-order valence-electron chi connectivity index (χ3n) is 5.47. The Morgan fingerprint density at radius 2 is 1.78 bits per heavy atom. The molecule has 0 atom stereocenters. The minimum absolute atomic E-state index is 0.00245. The quantitative estimate of drug-likeness (QED) is 0.376. The number of nitrogens with zero attached hydrogens (tertiary/aromatic N) is 2. The minimum atomic E-state index is -0.608. The van der Waals surface area contributed by atoms with Gasteiger partial charge in [-0.3, -0.25) is 19.3 Å². The molecule has 1 aromatic carbocycles. The number of hydrogen-bond acceptors (Lipinski definition) is 4. The van der Waals surface area contributed by atoms with Gasteiger partial charge in [0.05, 0.1) is 11.6 Å². The van der Waals surface area contributed by atoms with Crippen molar-refractivity contribution in [2.45, 2.75) is 59.9 Å². The largest absolute Gasteiger partial charge is 0.372 e. The standard InChI is InChI=1S/C13H19N3O3.C12H15ClF2.CH3NO/c1-4-7-14-13(19)16(10(2)17)9-11-6-5-8-15(3)12(11)18;1-3-8(4-2)7-9-11(14)6-5-10(13)12(9)15;2-1-3/h5-6,8H,4,7,9H2,1-3H3,(H,14,19);5-6,8H,3-4,7H2,1-2H3;1H,(H2,2,3). The number of amides is 4. The van der Waals surface area contributed by atoms with Crippen molar-refractivity contribution in [3.63, 3.8) is 0 Å². The molecule has 11 heteroatoms. The number of nitrogens with one attached hydrogen (secondary N) is 1. The summed E-state index contributed by atoms with van der Waals surface area (Å²) >= 11 is 5.61. The molecule has 1 aromatic heterocycles. The molecule has 0 saturated heterocycles. The molecular formula is C26H37ClF2N4O4. The van der Waals surface area contributed by atoms with Crippen LogP contribution in [-0.2, 0) is 29.6 Å². The molecule has 2 rings (SSSR count). The van der Waals surface area contributed by atoms with Crippen LogP contribution in [0.5, 0.6) is 0 Å². The Bertz CT molecular complexity index is 1080. The number of aryl methyl sites for hydroxylation is 1. The van der Waals surface area contributed by atoms with E-state index >= 15 is 0 Å². The van der Waals surface area contributed by atoms with Crippen molar-refractivity contribution >= 4 is 29.9 Å². The van der Waals surface area contributed by atoms with Crippen molar-refractivity contribution in [1.82, 2.24) is 14.8 Å². The van der Waals surface area contributed by atoms with Crippen LogP contribution in [-0.4, -0.2) is 34.4 Å². The molecule has 0 radical (unpaired) electrons. The molecule has 0 aliphatic heterocycles. The predicted molar refractivity (Wildman–Crippen MR) is 141 cm³/mol. The van der Waals surface area contributed by atoms with Crippen molar-refractivity contribution in [2.24, 2.45) is 18.7 Å². The molecule has 8 nitrogen and oxygen atoms in total. The normalized spacial score (nSPS) is 9.97. The van der Waals surface area contributed by atoms with E-state index in [1.165, 1.54) is 23.6 Å². The van der Waals surface area contributed by atoms with Gasteiger partial charge in [0.25, 0.3) is 5.56 Å². The highest BCUT2D eigenvalue weighted by molar-refractivity contribution is 6.30. The number of nitrogens with two attached hydrogens (primary N) is 1. The van der Waals surface area contributed by atoms with Crippen molar-refractivity contribution in [3.05, 3.63) is 68.6 Å². The zero-order valence-electron chi connectivity index (χ0n) is 22.0. The highest BCUT2D eigenvalue weighted by Crippen LogP contribution is 2.25. The number of rotatable bonds is 8. The van der Waals surface area contributed by atoms with Gasteiger partial charge >= 0.3 is 6.03 Å². The highest BCUT2D eigenvalue weighted by Gasteiger charge is 2.19. The minimum Gasteiger partial charge on any atom is -0.372 e. The molecule has 3 N–H and O–H groups in total. The summed E-state index contributed by atoms with van der Waals surface area (Å²) in [6.07, 6.45) is 4.92. The van der Waals surface area contributed by atoms with Gasteiger partial charge in [-0.15, -0.1) is 0 Å². The Hall–Kier alpha value is -3.27. The summed E-state index contributed by atoms with van der Waals surface area (Å²) in [5.41, 5.74) is 4.49. The third kappa shape index (κ3) is 11.6. The third-order valence-corrected chi connectivity index (χ3v) is 5.76. The summed E-state index contributed by atoms with van der Waals surface area (Å²) in [7, 11) is 1.63. The average Bonchev–Trinajstić information content (AvgIpc) is 2.86. The lowest BCUT2D eigenvalue weighted by atomic mass is 9.94. The van der Waals surface area contributed by atoms with E-state index in [0.717, 1.165) is 24.2 Å². The lowest BCUT2D eigenvalue weighted by Crippen LogP contribution is -2.43. The first-order valence-corrected chi connectivity index (χ1v) is 12.3. The second kappa shape index (κ2) is 18.0. The summed E-state index contributed by atoms with van der Waals surface area (Å²) < 4.78 is 28.3. The Kier molecular flexibility index (Phi) is 16.5. The molecule has 0 fully saturated rings. The smallest absolute Gasteiger partial charge is 0.324 e. The molecule has 0 aliphatic rings. The Balaban J connectivity index is 0.000000647. The lowest BCUT2D eigenvalue weighted by Gasteiger charge is -2.19. The van der Waals surface area contributed by atoms with E-state index in [-0.39, 0.29) is 35.0 Å². The van der Waals surface area contributed by atoms with Crippen LogP contribution >= 0.6 is 11.6 Å². The fraction of sp³-hybridized carbons (Fsp3) is 0.462. The van der Waals surface area contributed by atoms with E-state index in [9.17, 15) is 23.2 Å². The molecule has 0 saturated carbocycles. The van der Waals surface area contributed by atoms with Gasteiger partial charge in [0.1, 0.15) is 11.6 Å². The van der Waals surface area contributed by atoms with Gasteiger partial charge in [0.2, 0.25) is 12.3 Å². The number of carbonyl (C=O) groups excluding carboxylic acids is 3. The van der Waals surface area contributed by atoms with Gasteiger partial charge in [-0.2, -0.15) is 0 Å². The van der Waals surface area contributed by atoms with Crippen LogP contribution < -0.4 is 16.6 Å². The van der Waals surface area contributed by atoms with Crippen LogP contribution in [0.2, 0.25) is 5.02 Å². The molecule has 37 heavy (non-hydrogen) atoms. The molecular weight excluding hydrogens is 506 g/mol. The highest BCUT2D eigenvalue weighted by atomic mass is 35.5. The number of carbonyl (C=O) groups is 3. The number of primary amides is 1. The second-order valence-corrected chi connectivity index (χ2v) is 8.54. The molecule has 4 amide bonds. The van der Waals surface area contributed by atoms with Crippen LogP contribution in [0.25, 0.3) is 0 Å². The van der Waals surface area contributed by atoms with E-state index in [2.05, 4.69) is 11.1 Å². The van der Waals surface area contributed by atoms with Crippen molar-refractivity contribution in [2.75, 3.05) is 6.54 Å². The number of imide groups is 1. The summed E-state index contributed by atoms with van der Waals surface area (Å²) in [6, 6.07) is 5.33. The summed E-state index contributed by atoms with van der Waals surface area (Å²) in [4.78, 5) is 44.8. The molecule has 0 spiro atoms. The first-order valence-electron chi connectivity index (χ1n) is 12.0. The van der Waals surface area contributed by atoms with E-state index < -0.39 is 17.7 Å². The number of aromatic nitrogens is 1. The Morgan fingerprint density at radius 1 is 1.19 bits per heavy atom. The Labute approximate surface area is 221 Å². The van der Waals surface area contributed by atoms with Gasteiger partial charge in [0, 0.05) is 37.8 Å². The number of hydrogen-bond donors (Lipinski definition) is 2. The molecule has 0 aliphatic carbocycles. The monoisotopic (exact) mass is 542 g/mol. The van der Waals surface area contributed by atoms with E-state index in [1.54, 1.807) is 25.4 Å². The van der Waals surface area contributed by atoms with Gasteiger partial charge in [-0.05, 0) is 37.0 Å². The van der Waals surface area contributed by atoms with Crippen molar-refractivity contribution in [1.29, 1.82) is 0 Å². The SMILES string of the molecule is CCC(CC)Cc1c(F)ccc(Cl)c1F.CCCNC(=O)N(Cc1cccn(C)c1=O)C(C)=O.NC=O. The maximum Gasteiger partial charge on any atom is 0.324 e. The summed E-state index contributed by atoms with van der Waals surface area (Å²) in [5.74, 6) is -1.18. The number of benzene rings is 1. The van der Waals surface area contributed by atoms with Crippen molar-refractivity contribution in [3.8, 4) is 0 Å². The van der Waals surface area contributed by atoms with Crippen LogP contribution in [0.4, 0.5) is 13.6 Å². The van der Waals surface area contributed by atoms with Gasteiger partial charge in [-0.25, -0.2) is 13.6 Å². The predicted octanol–water partition coefficient (Wildman–Crippen LogP) is 4.55. The molecule has 0 bridgehead atoms. The van der Waals surface area contributed by atoms with Gasteiger partial charge in [-0.1, -0.05) is 51.3 Å². The lowest BCUT2D eigenvalue weighted by molar-refractivity contribution is -0.126. The van der Waals surface area contributed by atoms with Gasteiger partial charge in [0.15, 0.2) is 0 Å². The maximum atomic E-state index is 13.5. The molecule has 2 aromatic rings. The topological polar surface area (TPSA) is 114 Å². The number of pyridine rings is 1. The van der Waals surface area contributed by atoms with E-state index in [4.69, 9.17) is 16.4 Å². The Morgan fingerprint density at radius 3 is 2.30 bits per heavy atom. The second-order valence-electron chi connectivity index (χ2n) is 8.13. The zero-order valence-corrected chi connectivity index (χ0v) is 22.8. The number of urea groups is 1. The van der Waals surface area contributed by atoms with Crippen molar-refractivity contribution < 1.29 is 23.2 Å². The van der Waals surface area contributed by atoms with Gasteiger partial charge < -0.3 is 15.6 Å². The van der Waals surface area contributed by atoms with Crippen LogP contribution in [0.15, 0.2) is 35.3 Å². The van der Waals surface area contributed by atoms with Crippen LogP contribution in [0, 0.1) is 17.6 Å². The van der Waals surface area contributed by atoms with E-state index in [1.807, 2.05) is 20.8 Å². The molecule has 1 heterocycles. The van der Waals surface area contributed by atoms with Crippen LogP contribution in [0.1, 0.15) is 58.1 Å². The first-order chi connectivity index (χ1) is 17.5. The first kappa shape index (κ1) is 33.7. The van der Waals surface area contributed by atoms with E-state index in [0.29, 0.717) is 24.4 Å². The fourth-order valence-electron chi connectivity index (χ4n) is 3.22. The molecule has 206 valence electrons. The zero-order chi connectivity index (χ0) is 28.5. The molecule has 0 unspecified atom stereocenters. The summed E-state index contributed by atoms with van der Waals surface area (Å²) in [6.45, 7) is 7.75. The maximum absolute atomic E-state index is 13.5. The summed E-state index contributed by atoms with van der Waals surface area (Å²) in [5, 5.41) is 2.62. The fourth-order valence-corrected chi connectivity index (χ4v) is 3.40. The average molecular weight is 543 g/mol. The number of halogens is 3.